The van der Waals surface area contributed by atoms with E-state index in [-0.39, 0.29) is 23.3 Å². The lowest BCUT2D eigenvalue weighted by Gasteiger charge is -2.18. The largest absolute Gasteiger partial charge is 0.384 e. The molecule has 0 spiro atoms. The summed E-state index contributed by atoms with van der Waals surface area (Å²) in [5.41, 5.74) is 2.27. The molecule has 0 saturated heterocycles. The number of nitrogens with zero attached hydrogens (tertiary/aromatic N) is 5. The van der Waals surface area contributed by atoms with Crippen LogP contribution in [0.25, 0.3) is 28.1 Å². The highest BCUT2D eigenvalue weighted by atomic mass is 16.5. The van der Waals surface area contributed by atoms with Gasteiger partial charge in [-0.25, -0.2) is 4.98 Å². The molecule has 0 bridgehead atoms. The summed E-state index contributed by atoms with van der Waals surface area (Å²) in [5.74, 6) is 0.662. The second kappa shape index (κ2) is 7.76. The van der Waals surface area contributed by atoms with Crippen molar-refractivity contribution in [3.8, 4) is 11.5 Å². The van der Waals surface area contributed by atoms with Crippen molar-refractivity contribution in [3.63, 3.8) is 0 Å². The van der Waals surface area contributed by atoms with Crippen LogP contribution in [0.4, 0.5) is 0 Å². The molecule has 0 amide bonds. The summed E-state index contributed by atoms with van der Waals surface area (Å²) in [7, 11) is 3.24. The first kappa shape index (κ1) is 19.3. The Morgan fingerprint density at radius 2 is 1.83 bits per heavy atom. The van der Waals surface area contributed by atoms with Crippen molar-refractivity contribution in [1.29, 1.82) is 0 Å². The summed E-state index contributed by atoms with van der Waals surface area (Å²) in [6, 6.07) is 7.54. The predicted molar refractivity (Wildman–Crippen MR) is 107 cm³/mol. The number of methoxy groups -OCH3 is 2. The van der Waals surface area contributed by atoms with Crippen molar-refractivity contribution in [1.82, 2.24) is 24.1 Å². The molecule has 0 aliphatic rings. The van der Waals surface area contributed by atoms with Crippen LogP contribution < -0.4 is 5.56 Å². The minimum absolute atomic E-state index is 0.0608. The van der Waals surface area contributed by atoms with E-state index in [0.29, 0.717) is 30.3 Å². The van der Waals surface area contributed by atoms with Gasteiger partial charge in [0, 0.05) is 14.2 Å². The van der Waals surface area contributed by atoms with Crippen molar-refractivity contribution in [2.45, 2.75) is 25.8 Å². The van der Waals surface area contributed by atoms with Gasteiger partial charge in [-0.05, 0) is 19.1 Å². The molecule has 4 aromatic rings. The molecule has 0 aliphatic heterocycles. The predicted octanol–water partition coefficient (Wildman–Crippen LogP) is 2.66. The summed E-state index contributed by atoms with van der Waals surface area (Å²) in [5, 5.41) is 4.05. The molecule has 0 aliphatic carbocycles. The maximum Gasteiger partial charge on any atom is 0.278 e. The van der Waals surface area contributed by atoms with Crippen molar-refractivity contribution >= 4 is 16.6 Å². The van der Waals surface area contributed by atoms with E-state index in [0.717, 1.165) is 11.0 Å². The lowest BCUT2D eigenvalue weighted by molar-refractivity contribution is 0.162. The van der Waals surface area contributed by atoms with Crippen molar-refractivity contribution in [2.24, 2.45) is 0 Å². The van der Waals surface area contributed by atoms with Gasteiger partial charge in [0.15, 0.2) is 0 Å². The van der Waals surface area contributed by atoms with Crippen LogP contribution in [0.15, 0.2) is 39.9 Å². The van der Waals surface area contributed by atoms with Crippen LogP contribution in [-0.2, 0) is 9.47 Å². The molecule has 0 saturated carbocycles. The molecule has 2 atom stereocenters. The monoisotopic (exact) mass is 397 g/mol. The van der Waals surface area contributed by atoms with E-state index in [2.05, 4.69) is 15.1 Å². The van der Waals surface area contributed by atoms with E-state index in [1.807, 2.05) is 38.1 Å². The van der Waals surface area contributed by atoms with Crippen LogP contribution in [0, 0.1) is 0 Å². The summed E-state index contributed by atoms with van der Waals surface area (Å²) in [4.78, 5) is 22.4. The third-order valence-electron chi connectivity index (χ3n) is 4.93. The smallest absolute Gasteiger partial charge is 0.278 e. The molecular weight excluding hydrogens is 374 g/mol. The maximum absolute atomic E-state index is 13.5. The highest BCUT2D eigenvalue weighted by Gasteiger charge is 2.23. The van der Waals surface area contributed by atoms with Gasteiger partial charge in [-0.1, -0.05) is 24.2 Å². The van der Waals surface area contributed by atoms with Gasteiger partial charge in [-0.2, -0.15) is 4.98 Å². The average Bonchev–Trinajstić information content (AvgIpc) is 3.36. The summed E-state index contributed by atoms with van der Waals surface area (Å²) in [6.07, 6.45) is 1.62. The number of fused-ring (bicyclic) bond motifs is 3. The number of ether oxygens (including phenoxy) is 2. The van der Waals surface area contributed by atoms with Crippen LogP contribution in [0.5, 0.6) is 0 Å². The quantitative estimate of drug-likeness (QED) is 0.473. The van der Waals surface area contributed by atoms with Gasteiger partial charge in [-0.15, -0.1) is 0 Å². The van der Waals surface area contributed by atoms with Gasteiger partial charge in [0.05, 0.1) is 36.2 Å². The highest BCUT2D eigenvalue weighted by Crippen LogP contribution is 2.25. The van der Waals surface area contributed by atoms with Gasteiger partial charge in [-0.3, -0.25) is 13.8 Å². The number of rotatable bonds is 7. The van der Waals surface area contributed by atoms with Crippen LogP contribution >= 0.6 is 0 Å². The van der Waals surface area contributed by atoms with E-state index < -0.39 is 0 Å². The Kier molecular flexibility index (Phi) is 5.16. The Morgan fingerprint density at radius 3 is 2.55 bits per heavy atom. The second-order valence-electron chi connectivity index (χ2n) is 7.09. The Labute approximate surface area is 166 Å². The number of para-hydroxylation sites is 2. The van der Waals surface area contributed by atoms with Gasteiger partial charge in [0.25, 0.3) is 5.56 Å². The third-order valence-corrected chi connectivity index (χ3v) is 4.93. The van der Waals surface area contributed by atoms with Crippen molar-refractivity contribution in [2.75, 3.05) is 27.4 Å². The fourth-order valence-electron chi connectivity index (χ4n) is 3.60. The molecule has 1 aromatic carbocycles. The van der Waals surface area contributed by atoms with E-state index in [1.165, 1.54) is 0 Å². The standard InChI is InChI=1S/C20H23N5O4/c1-12(9-27-3)19-22-18(23-29-19)16-17-20(26)25(13(2)10-28-4)15-8-6-5-7-14(15)24(17)11-21-16/h5-8,11-13H,9-10H2,1-4H3. The Balaban J connectivity index is 1.95. The number of hydrogen-bond donors (Lipinski definition) is 0. The Morgan fingerprint density at radius 1 is 1.10 bits per heavy atom. The molecule has 3 heterocycles. The molecule has 0 fully saturated rings. The zero-order valence-corrected chi connectivity index (χ0v) is 16.8. The Hall–Kier alpha value is -3.04. The highest BCUT2D eigenvalue weighted by molar-refractivity contribution is 5.83. The minimum atomic E-state index is -0.183. The van der Waals surface area contributed by atoms with E-state index in [1.54, 1.807) is 29.5 Å². The average molecular weight is 397 g/mol. The van der Waals surface area contributed by atoms with Crippen molar-refractivity contribution in [3.05, 3.63) is 46.8 Å². The topological polar surface area (TPSA) is 96.7 Å². The summed E-state index contributed by atoms with van der Waals surface area (Å²) < 4.78 is 19.3. The minimum Gasteiger partial charge on any atom is -0.384 e. The van der Waals surface area contributed by atoms with E-state index >= 15 is 0 Å². The van der Waals surface area contributed by atoms with Crippen LogP contribution in [0.1, 0.15) is 31.7 Å². The molecule has 9 heteroatoms. The molecule has 9 nitrogen and oxygen atoms in total. The number of benzene rings is 1. The molecule has 4 rings (SSSR count). The number of imidazole rings is 1. The lowest BCUT2D eigenvalue weighted by Crippen LogP contribution is -2.28. The van der Waals surface area contributed by atoms with Crippen LogP contribution in [0.2, 0.25) is 0 Å². The van der Waals surface area contributed by atoms with Crippen LogP contribution in [0.3, 0.4) is 0 Å². The van der Waals surface area contributed by atoms with Gasteiger partial charge < -0.3 is 14.0 Å². The lowest BCUT2D eigenvalue weighted by atomic mass is 10.2. The molecule has 0 radical (unpaired) electrons. The molecule has 3 aromatic heterocycles. The van der Waals surface area contributed by atoms with Gasteiger partial charge in [0.2, 0.25) is 11.7 Å². The molecule has 0 N–H and O–H groups in total. The Bertz CT molecular complexity index is 1210. The fraction of sp³-hybridized carbons (Fsp3) is 0.400. The molecular formula is C20H23N5O4. The summed E-state index contributed by atoms with van der Waals surface area (Å²) >= 11 is 0. The van der Waals surface area contributed by atoms with Crippen LogP contribution in [-0.4, -0.2) is 51.5 Å². The summed E-state index contributed by atoms with van der Waals surface area (Å²) in [6.45, 7) is 4.74. The number of hydrogen-bond acceptors (Lipinski definition) is 7. The maximum atomic E-state index is 13.5. The fourth-order valence-corrected chi connectivity index (χ4v) is 3.60. The van der Waals surface area contributed by atoms with E-state index in [4.69, 9.17) is 14.0 Å². The second-order valence-corrected chi connectivity index (χ2v) is 7.09. The first-order valence-electron chi connectivity index (χ1n) is 9.39. The zero-order chi connectivity index (χ0) is 20.5. The van der Waals surface area contributed by atoms with Gasteiger partial charge >= 0.3 is 0 Å². The zero-order valence-electron chi connectivity index (χ0n) is 16.8. The SMILES string of the molecule is COCC(C)c1nc(-c2ncn3c2c(=O)n(C(C)COC)c2ccccc23)no1. The normalized spacial score (nSPS) is 13.9. The molecule has 29 heavy (non-hydrogen) atoms. The molecule has 152 valence electrons. The first-order chi connectivity index (χ1) is 14.1. The van der Waals surface area contributed by atoms with Gasteiger partial charge in [0.1, 0.15) is 17.5 Å². The van der Waals surface area contributed by atoms with Crippen molar-refractivity contribution < 1.29 is 14.0 Å². The number of aromatic nitrogens is 5. The third kappa shape index (κ3) is 3.22. The molecule has 2 unspecified atom stereocenters. The first-order valence-corrected chi connectivity index (χ1v) is 9.39. The van der Waals surface area contributed by atoms with E-state index in [9.17, 15) is 4.79 Å².